The summed E-state index contributed by atoms with van der Waals surface area (Å²) in [4.78, 5) is 22.5. The molecule has 0 aliphatic rings. The molecule has 0 radical (unpaired) electrons. The summed E-state index contributed by atoms with van der Waals surface area (Å²) < 4.78 is 21.9. The fraction of sp³-hybridized carbons (Fsp3) is 0.564. The summed E-state index contributed by atoms with van der Waals surface area (Å²) in [5.41, 5.74) is 5.34. The number of carbonyl (C=O) groups is 1. The number of allylic oxidation sites excluding steroid dienone is 15. The smallest absolute Gasteiger partial charge is 0.387 e. The van der Waals surface area contributed by atoms with Crippen molar-refractivity contribution in [3.05, 3.63) is 97.2 Å². The summed E-state index contributed by atoms with van der Waals surface area (Å²) >= 11 is 0. The Labute approximate surface area is 292 Å². The number of aliphatic hydroxyl groups is 1. The van der Waals surface area contributed by atoms with E-state index in [1.165, 1.54) is 0 Å². The first kappa shape index (κ1) is 45.4. The highest BCUT2D eigenvalue weighted by Gasteiger charge is 2.26. The fourth-order valence-corrected chi connectivity index (χ4v) is 5.01. The summed E-state index contributed by atoms with van der Waals surface area (Å²) in [7, 11) is -4.36. The number of rotatable bonds is 31. The SMILES string of the molecule is CC/C=C\C/C=C\C/C=C\C/C=C\C/C=C\CCCCCC(=O)NC(COP(=O)(O)OCCN)C(O)/C=C/CC/C=C/CC/C=C/CC. The lowest BCUT2D eigenvalue weighted by Gasteiger charge is -2.23. The van der Waals surface area contributed by atoms with Crippen LogP contribution in [-0.4, -0.2) is 47.8 Å². The molecule has 1 amide bonds. The Balaban J connectivity index is 4.44. The molecule has 3 atom stereocenters. The maximum Gasteiger partial charge on any atom is 0.472 e. The van der Waals surface area contributed by atoms with E-state index in [0.717, 1.165) is 83.5 Å². The van der Waals surface area contributed by atoms with Crippen LogP contribution in [0.15, 0.2) is 97.2 Å². The monoisotopic (exact) mass is 688 g/mol. The zero-order valence-corrected chi connectivity index (χ0v) is 30.6. The van der Waals surface area contributed by atoms with Crippen molar-refractivity contribution in [1.82, 2.24) is 5.32 Å². The van der Waals surface area contributed by atoms with Crippen LogP contribution in [0.4, 0.5) is 0 Å². The number of nitrogens with two attached hydrogens (primary N) is 1. The Hall–Kier alpha value is -2.58. The summed E-state index contributed by atoms with van der Waals surface area (Å²) in [5.74, 6) is -0.248. The van der Waals surface area contributed by atoms with Gasteiger partial charge in [-0.25, -0.2) is 4.57 Å². The number of phosphoric ester groups is 1. The second-order valence-electron chi connectivity index (χ2n) is 11.3. The molecule has 0 spiro atoms. The quantitative estimate of drug-likeness (QED) is 0.0324. The lowest BCUT2D eigenvalue weighted by molar-refractivity contribution is -0.123. The van der Waals surface area contributed by atoms with Crippen molar-refractivity contribution in [2.45, 2.75) is 122 Å². The first-order valence-corrected chi connectivity index (χ1v) is 19.4. The van der Waals surface area contributed by atoms with E-state index in [-0.39, 0.29) is 32.1 Å². The van der Waals surface area contributed by atoms with Crippen LogP contribution < -0.4 is 11.1 Å². The van der Waals surface area contributed by atoms with Crippen molar-refractivity contribution in [2.24, 2.45) is 5.73 Å². The number of carbonyl (C=O) groups excluding carboxylic acids is 1. The van der Waals surface area contributed by atoms with Crippen molar-refractivity contribution in [3.8, 4) is 0 Å². The van der Waals surface area contributed by atoms with Gasteiger partial charge in [-0.2, -0.15) is 0 Å². The molecule has 0 fully saturated rings. The predicted molar refractivity (Wildman–Crippen MR) is 202 cm³/mol. The molecule has 0 aromatic carbocycles. The number of hydrogen-bond donors (Lipinski definition) is 4. The Kier molecular flexibility index (Phi) is 32.4. The minimum atomic E-state index is -4.36. The first-order chi connectivity index (χ1) is 23.4. The van der Waals surface area contributed by atoms with Crippen molar-refractivity contribution in [3.63, 3.8) is 0 Å². The second-order valence-corrected chi connectivity index (χ2v) is 12.7. The molecule has 3 unspecified atom stereocenters. The highest BCUT2D eigenvalue weighted by atomic mass is 31.2. The third-order valence-electron chi connectivity index (χ3n) is 6.88. The molecular weight excluding hydrogens is 623 g/mol. The van der Waals surface area contributed by atoms with Gasteiger partial charge in [-0.1, -0.05) is 117 Å². The molecule has 0 aromatic rings. The van der Waals surface area contributed by atoms with Gasteiger partial charge in [0.05, 0.1) is 25.4 Å². The predicted octanol–water partition coefficient (Wildman–Crippen LogP) is 9.27. The number of unbranched alkanes of at least 4 members (excludes halogenated alkanes) is 5. The van der Waals surface area contributed by atoms with Crippen LogP contribution in [0.1, 0.15) is 110 Å². The van der Waals surface area contributed by atoms with E-state index >= 15 is 0 Å². The molecule has 0 aliphatic heterocycles. The Morgan fingerprint density at radius 2 is 1.17 bits per heavy atom. The van der Waals surface area contributed by atoms with E-state index in [0.29, 0.717) is 6.42 Å². The molecule has 48 heavy (non-hydrogen) atoms. The molecule has 0 saturated heterocycles. The third kappa shape index (κ3) is 32.0. The van der Waals surface area contributed by atoms with E-state index in [1.54, 1.807) is 6.08 Å². The van der Waals surface area contributed by atoms with Crippen molar-refractivity contribution < 1.29 is 28.4 Å². The molecule has 0 heterocycles. The Bertz CT molecular complexity index is 1060. The van der Waals surface area contributed by atoms with Gasteiger partial charge < -0.3 is 21.1 Å². The second kappa shape index (κ2) is 34.3. The van der Waals surface area contributed by atoms with Gasteiger partial charge >= 0.3 is 7.82 Å². The molecule has 5 N–H and O–H groups in total. The molecule has 0 saturated carbocycles. The molecule has 8 nitrogen and oxygen atoms in total. The average Bonchev–Trinajstić information content (AvgIpc) is 3.07. The lowest BCUT2D eigenvalue weighted by Crippen LogP contribution is -2.45. The average molecular weight is 689 g/mol. The maximum absolute atomic E-state index is 12.7. The van der Waals surface area contributed by atoms with E-state index < -0.39 is 20.0 Å². The summed E-state index contributed by atoms with van der Waals surface area (Å²) in [6.45, 7) is 3.79. The number of phosphoric acid groups is 1. The van der Waals surface area contributed by atoms with Crippen LogP contribution in [0.5, 0.6) is 0 Å². The number of amides is 1. The Morgan fingerprint density at radius 1 is 0.688 bits per heavy atom. The standard InChI is InChI=1S/C39H65N2O6P/c1-3-5-7-9-11-13-15-16-17-18-19-20-21-22-23-25-27-29-31-33-39(43)41-37(36-47-48(44,45)46-35-34-40)38(42)32-30-28-26-24-14-12-10-8-6-4-2/h5-8,11,13-14,16-17,19-20,22-24,30,32,37-38,42H,3-4,9-10,12,15,18,21,25-29,31,33-36,40H2,1-2H3,(H,41,43)(H,44,45)/b7-5-,8-6+,13-11-,17-16-,20-19-,23-22-,24-14+,32-30+. The van der Waals surface area contributed by atoms with Gasteiger partial charge in [0.2, 0.25) is 5.91 Å². The molecule has 9 heteroatoms. The summed E-state index contributed by atoms with van der Waals surface area (Å²) in [5, 5.41) is 13.5. The van der Waals surface area contributed by atoms with E-state index in [4.69, 9.17) is 14.8 Å². The molecular formula is C39H65N2O6P. The van der Waals surface area contributed by atoms with Crippen LogP contribution in [0.2, 0.25) is 0 Å². The molecule has 272 valence electrons. The summed E-state index contributed by atoms with van der Waals surface area (Å²) in [6.07, 6.45) is 46.1. The van der Waals surface area contributed by atoms with Crippen LogP contribution in [-0.2, 0) is 18.4 Å². The van der Waals surface area contributed by atoms with Gasteiger partial charge in [-0.15, -0.1) is 0 Å². The van der Waals surface area contributed by atoms with Gasteiger partial charge in [0.25, 0.3) is 0 Å². The van der Waals surface area contributed by atoms with E-state index in [1.807, 2.05) is 6.08 Å². The zero-order chi connectivity index (χ0) is 35.4. The van der Waals surface area contributed by atoms with Gasteiger partial charge in [-0.05, 0) is 83.5 Å². The molecule has 0 rings (SSSR count). The largest absolute Gasteiger partial charge is 0.472 e. The van der Waals surface area contributed by atoms with Gasteiger partial charge in [0, 0.05) is 13.0 Å². The minimum Gasteiger partial charge on any atom is -0.387 e. The highest BCUT2D eigenvalue weighted by Crippen LogP contribution is 2.43. The molecule has 0 bridgehead atoms. The van der Waals surface area contributed by atoms with E-state index in [2.05, 4.69) is 104 Å². The molecule has 0 aromatic heterocycles. The molecule has 0 aliphatic carbocycles. The van der Waals surface area contributed by atoms with Crippen LogP contribution in [0, 0.1) is 0 Å². The van der Waals surface area contributed by atoms with Crippen LogP contribution in [0.3, 0.4) is 0 Å². The highest BCUT2D eigenvalue weighted by molar-refractivity contribution is 7.47. The number of aliphatic hydroxyl groups excluding tert-OH is 1. The van der Waals surface area contributed by atoms with Crippen LogP contribution >= 0.6 is 7.82 Å². The van der Waals surface area contributed by atoms with E-state index in [9.17, 15) is 19.4 Å². The number of nitrogens with one attached hydrogen (secondary N) is 1. The zero-order valence-electron chi connectivity index (χ0n) is 29.7. The fourth-order valence-electron chi connectivity index (χ4n) is 4.25. The van der Waals surface area contributed by atoms with Crippen molar-refractivity contribution in [2.75, 3.05) is 19.8 Å². The van der Waals surface area contributed by atoms with Gasteiger partial charge in [-0.3, -0.25) is 13.8 Å². The normalized spacial score (nSPS) is 15.5. The van der Waals surface area contributed by atoms with Crippen molar-refractivity contribution >= 4 is 13.7 Å². The number of hydrogen-bond acceptors (Lipinski definition) is 6. The minimum absolute atomic E-state index is 0.0599. The Morgan fingerprint density at radius 3 is 1.73 bits per heavy atom. The van der Waals surface area contributed by atoms with Gasteiger partial charge in [0.15, 0.2) is 0 Å². The maximum atomic E-state index is 12.7. The van der Waals surface area contributed by atoms with Crippen molar-refractivity contribution in [1.29, 1.82) is 0 Å². The topological polar surface area (TPSA) is 131 Å². The first-order valence-electron chi connectivity index (χ1n) is 17.9. The third-order valence-corrected chi connectivity index (χ3v) is 7.87. The lowest BCUT2D eigenvalue weighted by atomic mass is 10.1. The van der Waals surface area contributed by atoms with Gasteiger partial charge in [0.1, 0.15) is 0 Å². The van der Waals surface area contributed by atoms with Crippen LogP contribution in [0.25, 0.3) is 0 Å². The summed E-state index contributed by atoms with van der Waals surface area (Å²) in [6, 6.07) is -0.905.